The lowest BCUT2D eigenvalue weighted by atomic mass is 10.1. The Balaban J connectivity index is 1.48. The number of carboxylic acid groups (broad SMARTS) is 1. The third-order valence-corrected chi connectivity index (χ3v) is 6.88. The van der Waals surface area contributed by atoms with Crippen molar-refractivity contribution in [3.63, 3.8) is 0 Å². The number of aromatic nitrogens is 1. The predicted molar refractivity (Wildman–Crippen MR) is 136 cm³/mol. The third-order valence-electron chi connectivity index (χ3n) is 5.69. The third kappa shape index (κ3) is 6.87. The molecule has 2 aromatic carbocycles. The SMILES string of the molecule is Cc1oc(Cc2ccccc2)nc1CN(Cc1ccc(SC(C)(C)C(=O)O)cc1)Cc1ccco1. The quantitative estimate of drug-likeness (QED) is 0.246. The van der Waals surface area contributed by atoms with Gasteiger partial charge in [-0.2, -0.15) is 0 Å². The van der Waals surface area contributed by atoms with Crippen LogP contribution in [0.25, 0.3) is 0 Å². The van der Waals surface area contributed by atoms with Gasteiger partial charge < -0.3 is 13.9 Å². The molecule has 0 saturated carbocycles. The molecule has 0 aliphatic heterocycles. The molecule has 0 aliphatic carbocycles. The largest absolute Gasteiger partial charge is 0.480 e. The average molecular weight is 491 g/mol. The van der Waals surface area contributed by atoms with E-state index in [0.29, 0.717) is 31.9 Å². The molecule has 6 nitrogen and oxygen atoms in total. The summed E-state index contributed by atoms with van der Waals surface area (Å²) in [5.74, 6) is 1.59. The van der Waals surface area contributed by atoms with Gasteiger partial charge in [-0.25, -0.2) is 4.98 Å². The number of benzene rings is 2. The molecule has 2 aromatic heterocycles. The highest BCUT2D eigenvalue weighted by Crippen LogP contribution is 2.33. The van der Waals surface area contributed by atoms with Crippen LogP contribution in [0.3, 0.4) is 0 Å². The maximum absolute atomic E-state index is 11.4. The van der Waals surface area contributed by atoms with Crippen molar-refractivity contribution in [2.75, 3.05) is 0 Å². The van der Waals surface area contributed by atoms with Crippen LogP contribution in [0.15, 0.2) is 86.7 Å². The van der Waals surface area contributed by atoms with Crippen molar-refractivity contribution in [1.82, 2.24) is 9.88 Å². The molecule has 0 amide bonds. The van der Waals surface area contributed by atoms with Gasteiger partial charge >= 0.3 is 5.97 Å². The first-order valence-electron chi connectivity index (χ1n) is 11.5. The molecule has 0 fully saturated rings. The Morgan fingerprint density at radius 2 is 1.71 bits per heavy atom. The summed E-state index contributed by atoms with van der Waals surface area (Å²) in [5.41, 5.74) is 3.20. The maximum Gasteiger partial charge on any atom is 0.319 e. The van der Waals surface area contributed by atoms with Crippen LogP contribution >= 0.6 is 11.8 Å². The number of thioether (sulfide) groups is 1. The second-order valence-electron chi connectivity index (χ2n) is 9.06. The lowest BCUT2D eigenvalue weighted by Crippen LogP contribution is -2.26. The number of aryl methyl sites for hydroxylation is 1. The molecule has 35 heavy (non-hydrogen) atoms. The van der Waals surface area contributed by atoms with Gasteiger partial charge in [0.05, 0.1) is 18.5 Å². The summed E-state index contributed by atoms with van der Waals surface area (Å²) in [6, 6.07) is 22.1. The molecule has 0 atom stereocenters. The standard InChI is InChI=1S/C28H30N2O4S/c1-20-25(29-26(34-20)16-21-8-5-4-6-9-21)19-30(18-23-10-7-15-33-23)17-22-11-13-24(14-12-22)35-28(2,3)27(31)32/h4-15H,16-19H2,1-3H3,(H,31,32). The smallest absolute Gasteiger partial charge is 0.319 e. The van der Waals surface area contributed by atoms with Gasteiger partial charge in [0.1, 0.15) is 16.3 Å². The summed E-state index contributed by atoms with van der Waals surface area (Å²) >= 11 is 1.34. The van der Waals surface area contributed by atoms with Gasteiger partial charge in [0.15, 0.2) is 5.89 Å². The van der Waals surface area contributed by atoms with E-state index in [4.69, 9.17) is 13.8 Å². The number of hydrogen-bond donors (Lipinski definition) is 1. The van der Waals surface area contributed by atoms with Gasteiger partial charge in [0.25, 0.3) is 0 Å². The summed E-state index contributed by atoms with van der Waals surface area (Å²) < 4.78 is 10.7. The fourth-order valence-corrected chi connectivity index (χ4v) is 4.69. The monoisotopic (exact) mass is 490 g/mol. The van der Waals surface area contributed by atoms with Gasteiger partial charge in [-0.15, -0.1) is 11.8 Å². The zero-order valence-corrected chi connectivity index (χ0v) is 21.0. The van der Waals surface area contributed by atoms with Gasteiger partial charge in [-0.3, -0.25) is 9.69 Å². The average Bonchev–Trinajstić information content (AvgIpc) is 3.45. The maximum atomic E-state index is 11.4. The van der Waals surface area contributed by atoms with Crippen LogP contribution in [0.4, 0.5) is 0 Å². The number of nitrogens with zero attached hydrogens (tertiary/aromatic N) is 2. The van der Waals surface area contributed by atoms with E-state index in [-0.39, 0.29) is 0 Å². The van der Waals surface area contributed by atoms with E-state index in [9.17, 15) is 9.90 Å². The number of carboxylic acids is 1. The molecule has 0 saturated heterocycles. The van der Waals surface area contributed by atoms with Crippen molar-refractivity contribution < 1.29 is 18.7 Å². The molecule has 0 radical (unpaired) electrons. The van der Waals surface area contributed by atoms with Crippen molar-refractivity contribution >= 4 is 17.7 Å². The fraction of sp³-hybridized carbons (Fsp3) is 0.286. The molecule has 0 unspecified atom stereocenters. The van der Waals surface area contributed by atoms with Crippen molar-refractivity contribution in [1.29, 1.82) is 0 Å². The Morgan fingerprint density at radius 1 is 0.971 bits per heavy atom. The van der Waals surface area contributed by atoms with E-state index >= 15 is 0 Å². The van der Waals surface area contributed by atoms with Crippen LogP contribution in [-0.4, -0.2) is 25.7 Å². The first kappa shape index (κ1) is 24.8. The molecule has 2 heterocycles. The molecule has 4 aromatic rings. The molecular formula is C28H30N2O4S. The molecule has 0 bridgehead atoms. The highest BCUT2D eigenvalue weighted by atomic mass is 32.2. The molecule has 4 rings (SSSR count). The number of rotatable bonds is 11. The number of oxazole rings is 1. The van der Waals surface area contributed by atoms with Crippen molar-refractivity contribution in [2.45, 2.75) is 56.5 Å². The minimum Gasteiger partial charge on any atom is -0.480 e. The Hall–Kier alpha value is -3.29. The first-order chi connectivity index (χ1) is 16.8. The lowest BCUT2D eigenvalue weighted by Gasteiger charge is -2.21. The van der Waals surface area contributed by atoms with Crippen LogP contribution in [0.5, 0.6) is 0 Å². The zero-order valence-electron chi connectivity index (χ0n) is 20.2. The summed E-state index contributed by atoms with van der Waals surface area (Å²) in [4.78, 5) is 19.4. The summed E-state index contributed by atoms with van der Waals surface area (Å²) in [7, 11) is 0. The van der Waals surface area contributed by atoms with Crippen LogP contribution in [0.2, 0.25) is 0 Å². The highest BCUT2D eigenvalue weighted by molar-refractivity contribution is 8.01. The van der Waals surface area contributed by atoms with E-state index in [2.05, 4.69) is 17.0 Å². The minimum absolute atomic E-state index is 0.618. The number of hydrogen-bond acceptors (Lipinski definition) is 6. The molecular weight excluding hydrogens is 460 g/mol. The lowest BCUT2D eigenvalue weighted by molar-refractivity contribution is -0.138. The van der Waals surface area contributed by atoms with Crippen molar-refractivity contribution in [3.05, 3.63) is 107 Å². The second kappa shape index (κ2) is 11.0. The van der Waals surface area contributed by atoms with Crippen LogP contribution in [0.1, 0.15) is 48.1 Å². The normalized spacial score (nSPS) is 11.8. The van der Waals surface area contributed by atoms with Crippen LogP contribution in [0, 0.1) is 6.92 Å². The van der Waals surface area contributed by atoms with E-state index < -0.39 is 10.7 Å². The molecule has 0 spiro atoms. The van der Waals surface area contributed by atoms with Crippen molar-refractivity contribution in [3.8, 4) is 0 Å². The number of carbonyl (C=O) groups is 1. The minimum atomic E-state index is -0.880. The summed E-state index contributed by atoms with van der Waals surface area (Å²) in [6.45, 7) is 7.33. The Kier molecular flexibility index (Phi) is 7.78. The molecule has 182 valence electrons. The predicted octanol–water partition coefficient (Wildman–Crippen LogP) is 6.32. The van der Waals surface area contributed by atoms with E-state index in [1.54, 1.807) is 20.1 Å². The fourth-order valence-electron chi connectivity index (χ4n) is 3.74. The number of aliphatic carboxylic acids is 1. The van der Waals surface area contributed by atoms with Gasteiger partial charge in [0.2, 0.25) is 0 Å². The Labute approximate surface area is 210 Å². The Morgan fingerprint density at radius 3 is 2.37 bits per heavy atom. The molecule has 7 heteroatoms. The zero-order chi connectivity index (χ0) is 24.8. The summed E-state index contributed by atoms with van der Waals surface area (Å²) in [5, 5.41) is 9.40. The van der Waals surface area contributed by atoms with E-state index in [0.717, 1.165) is 33.2 Å². The van der Waals surface area contributed by atoms with E-state index in [1.807, 2.05) is 61.5 Å². The summed E-state index contributed by atoms with van der Waals surface area (Å²) in [6.07, 6.45) is 2.34. The van der Waals surface area contributed by atoms with Gasteiger partial charge in [-0.05, 0) is 56.2 Å². The van der Waals surface area contributed by atoms with Crippen LogP contribution < -0.4 is 0 Å². The number of furan rings is 1. The molecule has 0 aliphatic rings. The topological polar surface area (TPSA) is 79.7 Å². The van der Waals surface area contributed by atoms with E-state index in [1.165, 1.54) is 11.8 Å². The first-order valence-corrected chi connectivity index (χ1v) is 12.4. The molecule has 1 N–H and O–H groups in total. The van der Waals surface area contributed by atoms with Crippen LogP contribution in [-0.2, 0) is 30.8 Å². The highest BCUT2D eigenvalue weighted by Gasteiger charge is 2.28. The second-order valence-corrected chi connectivity index (χ2v) is 10.8. The Bertz CT molecular complexity index is 1230. The van der Waals surface area contributed by atoms with Gasteiger partial charge in [-0.1, -0.05) is 42.5 Å². The van der Waals surface area contributed by atoms with Gasteiger partial charge in [0, 0.05) is 24.4 Å². The van der Waals surface area contributed by atoms with Crippen molar-refractivity contribution in [2.24, 2.45) is 0 Å².